The Morgan fingerprint density at radius 3 is 2.83 bits per heavy atom. The minimum atomic E-state index is -3.05. The van der Waals surface area contributed by atoms with Crippen molar-refractivity contribution >= 4 is 15.7 Å². The predicted molar refractivity (Wildman–Crippen MR) is 88.2 cm³/mol. The van der Waals surface area contributed by atoms with Crippen molar-refractivity contribution in [2.45, 2.75) is 25.4 Å². The van der Waals surface area contributed by atoms with Crippen LogP contribution in [-0.4, -0.2) is 49.9 Å². The van der Waals surface area contributed by atoms with Crippen molar-refractivity contribution in [1.29, 1.82) is 0 Å². The molecule has 3 unspecified atom stereocenters. The molecule has 1 aromatic carbocycles. The largest absolute Gasteiger partial charge is 0.339 e. The van der Waals surface area contributed by atoms with E-state index in [9.17, 15) is 17.6 Å². The molecule has 8 heteroatoms. The second-order valence-electron chi connectivity index (χ2n) is 6.35. The van der Waals surface area contributed by atoms with Gasteiger partial charge in [-0.2, -0.15) is 0 Å². The van der Waals surface area contributed by atoms with E-state index in [0.29, 0.717) is 25.1 Å². The summed E-state index contributed by atoms with van der Waals surface area (Å²) in [5.41, 5.74) is 6.71. The smallest absolute Gasteiger partial charge is 0.229 e. The zero-order valence-electron chi connectivity index (χ0n) is 13.5. The lowest BCUT2D eigenvalue weighted by Gasteiger charge is -2.31. The summed E-state index contributed by atoms with van der Waals surface area (Å²) >= 11 is 0. The lowest BCUT2D eigenvalue weighted by atomic mass is 9.93. The summed E-state index contributed by atoms with van der Waals surface area (Å²) in [5.74, 6) is -0.663. The number of nitrogens with zero attached hydrogens (tertiary/aromatic N) is 1. The molecule has 2 heterocycles. The Hall–Kier alpha value is -1.51. The first kappa shape index (κ1) is 17.3. The van der Waals surface area contributed by atoms with Crippen molar-refractivity contribution in [2.24, 2.45) is 5.92 Å². The average Bonchev–Trinajstić information content (AvgIpc) is 3.14. The van der Waals surface area contributed by atoms with E-state index in [-0.39, 0.29) is 35.3 Å². The number of benzene rings is 1. The molecule has 6 nitrogen and oxygen atoms in total. The van der Waals surface area contributed by atoms with E-state index in [1.54, 1.807) is 17.0 Å². The number of carbonyl (C=O) groups is 1. The van der Waals surface area contributed by atoms with Crippen LogP contribution in [0.4, 0.5) is 4.39 Å². The third-order valence-electron chi connectivity index (χ3n) is 4.78. The van der Waals surface area contributed by atoms with E-state index in [2.05, 4.69) is 10.9 Å². The van der Waals surface area contributed by atoms with Gasteiger partial charge in [0.05, 0.1) is 23.5 Å². The van der Waals surface area contributed by atoms with E-state index >= 15 is 0 Å². The van der Waals surface area contributed by atoms with Gasteiger partial charge in [-0.05, 0) is 31.0 Å². The van der Waals surface area contributed by atoms with Gasteiger partial charge in [0.1, 0.15) is 5.82 Å². The van der Waals surface area contributed by atoms with Crippen LogP contribution in [0.3, 0.4) is 0 Å². The number of amides is 1. The van der Waals surface area contributed by atoms with Crippen LogP contribution in [0.25, 0.3) is 0 Å². The van der Waals surface area contributed by atoms with Crippen molar-refractivity contribution in [2.75, 3.05) is 24.6 Å². The van der Waals surface area contributed by atoms with Gasteiger partial charge in [0.2, 0.25) is 5.91 Å². The predicted octanol–water partition coefficient (Wildman–Crippen LogP) is 0.626. The van der Waals surface area contributed by atoms with Gasteiger partial charge in [0.25, 0.3) is 0 Å². The number of halogens is 1. The van der Waals surface area contributed by atoms with Crippen molar-refractivity contribution in [1.82, 2.24) is 15.8 Å². The number of hydrogen-bond donors (Lipinski definition) is 2. The Balaban J connectivity index is 1.79. The number of carbonyl (C=O) groups excluding carboxylic acids is 1. The highest BCUT2D eigenvalue weighted by Crippen LogP contribution is 2.29. The Morgan fingerprint density at radius 2 is 2.21 bits per heavy atom. The minimum absolute atomic E-state index is 0.0325. The lowest BCUT2D eigenvalue weighted by Crippen LogP contribution is -2.45. The van der Waals surface area contributed by atoms with E-state index in [0.717, 1.165) is 0 Å². The van der Waals surface area contributed by atoms with Gasteiger partial charge in [-0.15, -0.1) is 0 Å². The maximum absolute atomic E-state index is 13.5. The third kappa shape index (κ3) is 3.45. The van der Waals surface area contributed by atoms with Gasteiger partial charge in [0, 0.05) is 19.1 Å². The fourth-order valence-corrected chi connectivity index (χ4v) is 5.30. The maximum Gasteiger partial charge on any atom is 0.229 e. The van der Waals surface area contributed by atoms with Crippen LogP contribution in [0.15, 0.2) is 24.3 Å². The first-order chi connectivity index (χ1) is 11.4. The van der Waals surface area contributed by atoms with E-state index in [1.165, 1.54) is 12.1 Å². The third-order valence-corrected chi connectivity index (χ3v) is 6.53. The van der Waals surface area contributed by atoms with Crippen LogP contribution in [0.1, 0.15) is 24.9 Å². The lowest BCUT2D eigenvalue weighted by molar-refractivity contribution is -0.137. The Labute approximate surface area is 141 Å². The van der Waals surface area contributed by atoms with Gasteiger partial charge >= 0.3 is 0 Å². The molecule has 0 aromatic heterocycles. The molecule has 2 aliphatic rings. The molecule has 2 fully saturated rings. The number of hydrazine groups is 1. The molecule has 2 saturated heterocycles. The number of sulfone groups is 1. The summed E-state index contributed by atoms with van der Waals surface area (Å²) in [7, 11) is -3.05. The normalized spacial score (nSPS) is 28.8. The zero-order valence-corrected chi connectivity index (χ0v) is 14.4. The molecule has 0 saturated carbocycles. The highest BCUT2D eigenvalue weighted by molar-refractivity contribution is 7.91. The number of nitrogens with one attached hydrogen (secondary N) is 2. The highest BCUT2D eigenvalue weighted by atomic mass is 32.2. The zero-order chi connectivity index (χ0) is 17.3. The molecule has 0 radical (unpaired) electrons. The van der Waals surface area contributed by atoms with Gasteiger partial charge in [-0.25, -0.2) is 18.2 Å². The van der Waals surface area contributed by atoms with Crippen LogP contribution in [-0.2, 0) is 14.6 Å². The molecule has 3 atom stereocenters. The van der Waals surface area contributed by atoms with E-state index in [1.807, 2.05) is 6.92 Å². The second kappa shape index (κ2) is 6.78. The summed E-state index contributed by atoms with van der Waals surface area (Å²) in [6.45, 7) is 2.75. The molecular weight excluding hydrogens is 333 g/mol. The molecule has 1 amide bonds. The number of hydrogen-bond acceptors (Lipinski definition) is 5. The standard InChI is InChI=1S/C16H22FN3O3S/c1-2-20(13-6-7-24(22,23)10-13)16(21)14-9-18-19-15(14)11-4-3-5-12(17)8-11/h3-5,8,13-15,18-19H,2,6-7,9-10H2,1H3. The minimum Gasteiger partial charge on any atom is -0.339 e. The SMILES string of the molecule is CCN(C(=O)C1CNNC1c1cccc(F)c1)C1CCS(=O)(=O)C1. The molecule has 3 rings (SSSR count). The van der Waals surface area contributed by atoms with Gasteiger partial charge in [-0.1, -0.05) is 12.1 Å². The second-order valence-corrected chi connectivity index (χ2v) is 8.57. The van der Waals surface area contributed by atoms with E-state index in [4.69, 9.17) is 0 Å². The summed E-state index contributed by atoms with van der Waals surface area (Å²) in [6.07, 6.45) is 0.486. The number of rotatable bonds is 4. The average molecular weight is 355 g/mol. The van der Waals surface area contributed by atoms with Crippen LogP contribution in [0.5, 0.6) is 0 Å². The van der Waals surface area contributed by atoms with Crippen LogP contribution < -0.4 is 10.9 Å². The summed E-state index contributed by atoms with van der Waals surface area (Å²) in [4.78, 5) is 14.7. The fraction of sp³-hybridized carbons (Fsp3) is 0.562. The molecule has 0 bridgehead atoms. The maximum atomic E-state index is 13.5. The quantitative estimate of drug-likeness (QED) is 0.828. The van der Waals surface area contributed by atoms with Crippen LogP contribution in [0, 0.1) is 11.7 Å². The molecule has 2 N–H and O–H groups in total. The first-order valence-corrected chi connectivity index (χ1v) is 9.98. The summed E-state index contributed by atoms with van der Waals surface area (Å²) in [6, 6.07) is 5.59. The van der Waals surface area contributed by atoms with E-state index < -0.39 is 15.8 Å². The Bertz CT molecular complexity index is 725. The van der Waals surface area contributed by atoms with Gasteiger partial charge < -0.3 is 4.90 Å². The summed E-state index contributed by atoms with van der Waals surface area (Å²) in [5, 5.41) is 0. The van der Waals surface area contributed by atoms with Crippen molar-refractivity contribution in [3.05, 3.63) is 35.6 Å². The Kier molecular flexibility index (Phi) is 4.89. The molecule has 0 spiro atoms. The molecule has 2 aliphatic heterocycles. The highest BCUT2D eigenvalue weighted by Gasteiger charge is 2.40. The topological polar surface area (TPSA) is 78.5 Å². The van der Waals surface area contributed by atoms with Crippen molar-refractivity contribution in [3.63, 3.8) is 0 Å². The Morgan fingerprint density at radius 1 is 1.42 bits per heavy atom. The molecule has 1 aromatic rings. The molecule has 24 heavy (non-hydrogen) atoms. The van der Waals surface area contributed by atoms with Crippen molar-refractivity contribution < 1.29 is 17.6 Å². The molecule has 132 valence electrons. The summed E-state index contributed by atoms with van der Waals surface area (Å²) < 4.78 is 36.9. The van der Waals surface area contributed by atoms with Gasteiger partial charge in [0.15, 0.2) is 9.84 Å². The monoisotopic (exact) mass is 355 g/mol. The van der Waals surface area contributed by atoms with Gasteiger partial charge in [-0.3, -0.25) is 10.2 Å². The first-order valence-electron chi connectivity index (χ1n) is 8.16. The fourth-order valence-electron chi connectivity index (χ4n) is 3.57. The van der Waals surface area contributed by atoms with Crippen molar-refractivity contribution in [3.8, 4) is 0 Å². The van der Waals surface area contributed by atoms with Crippen LogP contribution in [0.2, 0.25) is 0 Å². The molecular formula is C16H22FN3O3S. The molecule has 0 aliphatic carbocycles. The van der Waals surface area contributed by atoms with Crippen LogP contribution >= 0.6 is 0 Å².